The highest BCUT2D eigenvalue weighted by molar-refractivity contribution is 5.63. The molecule has 1 aromatic carbocycles. The molecule has 7 nitrogen and oxygen atoms in total. The molecule has 0 spiro atoms. The van der Waals surface area contributed by atoms with Crippen molar-refractivity contribution in [3.63, 3.8) is 0 Å². The SMILES string of the molecule is COC(O)c1ccncc1NC[C@@H]1CCOc2cc(N(C)c3cccc(C)n3)ccc21. The van der Waals surface area contributed by atoms with E-state index in [1.165, 1.54) is 12.7 Å². The summed E-state index contributed by atoms with van der Waals surface area (Å²) in [6.07, 6.45) is 3.29. The zero-order chi connectivity index (χ0) is 21.8. The summed E-state index contributed by atoms with van der Waals surface area (Å²) in [4.78, 5) is 10.8. The first-order valence-electron chi connectivity index (χ1n) is 10.4. The first-order chi connectivity index (χ1) is 15.1. The Labute approximate surface area is 182 Å². The molecule has 4 rings (SSSR count). The Bertz CT molecular complexity index is 1040. The predicted molar refractivity (Wildman–Crippen MR) is 121 cm³/mol. The molecule has 7 heteroatoms. The maximum atomic E-state index is 10.1. The summed E-state index contributed by atoms with van der Waals surface area (Å²) in [5.41, 5.74) is 4.63. The van der Waals surface area contributed by atoms with Gasteiger partial charge in [0.25, 0.3) is 0 Å². The summed E-state index contributed by atoms with van der Waals surface area (Å²) in [7, 11) is 3.49. The van der Waals surface area contributed by atoms with Gasteiger partial charge in [-0.1, -0.05) is 12.1 Å². The summed E-state index contributed by atoms with van der Waals surface area (Å²) in [5, 5.41) is 13.5. The number of methoxy groups -OCH3 is 1. The van der Waals surface area contributed by atoms with Gasteiger partial charge in [0, 0.05) is 55.8 Å². The van der Waals surface area contributed by atoms with Crippen LogP contribution in [0.25, 0.3) is 0 Å². The molecule has 0 saturated heterocycles. The standard InChI is InChI=1S/C24H28N4O3/c1-16-5-4-6-23(27-16)28(2)18-7-8-19-17(10-12-31-22(19)13-18)14-26-21-15-25-11-9-20(21)24(29)30-3/h4-9,11,13,15,17,24,26,29H,10,12,14H2,1-3H3/t17-,24?/m0/s1. The van der Waals surface area contributed by atoms with Crippen LogP contribution in [-0.4, -0.2) is 42.4 Å². The molecule has 0 bridgehead atoms. The Kier molecular flexibility index (Phi) is 6.34. The highest BCUT2D eigenvalue weighted by Gasteiger charge is 2.23. The summed E-state index contributed by atoms with van der Waals surface area (Å²) in [5.74, 6) is 2.08. The largest absolute Gasteiger partial charge is 0.493 e. The molecule has 3 aromatic rings. The summed E-state index contributed by atoms with van der Waals surface area (Å²) in [6.45, 7) is 3.36. The van der Waals surface area contributed by atoms with Crippen LogP contribution in [0, 0.1) is 6.92 Å². The van der Waals surface area contributed by atoms with Gasteiger partial charge in [-0.3, -0.25) is 4.98 Å². The molecule has 0 amide bonds. The Balaban J connectivity index is 1.52. The summed E-state index contributed by atoms with van der Waals surface area (Å²) >= 11 is 0. The molecule has 1 aliphatic heterocycles. The van der Waals surface area contributed by atoms with Gasteiger partial charge in [0.1, 0.15) is 11.6 Å². The molecule has 162 valence electrons. The van der Waals surface area contributed by atoms with E-state index in [0.717, 1.165) is 35.1 Å². The third kappa shape index (κ3) is 4.62. The number of hydrogen-bond donors (Lipinski definition) is 2. The maximum absolute atomic E-state index is 10.1. The summed E-state index contributed by atoms with van der Waals surface area (Å²) < 4.78 is 11.1. The van der Waals surface area contributed by atoms with Gasteiger partial charge in [0.2, 0.25) is 0 Å². The van der Waals surface area contributed by atoms with Crippen LogP contribution < -0.4 is 15.0 Å². The van der Waals surface area contributed by atoms with Gasteiger partial charge in [-0.05, 0) is 43.2 Å². The fourth-order valence-electron chi connectivity index (χ4n) is 3.85. The number of aryl methyl sites for hydroxylation is 1. The Morgan fingerprint density at radius 2 is 2.16 bits per heavy atom. The number of ether oxygens (including phenoxy) is 2. The molecule has 2 N–H and O–H groups in total. The van der Waals surface area contributed by atoms with E-state index in [-0.39, 0.29) is 5.92 Å². The molecule has 3 heterocycles. The average Bonchev–Trinajstić information content (AvgIpc) is 2.81. The Hall–Kier alpha value is -3.16. The third-order valence-corrected chi connectivity index (χ3v) is 5.65. The van der Waals surface area contributed by atoms with E-state index in [1.54, 1.807) is 18.5 Å². The zero-order valence-electron chi connectivity index (χ0n) is 18.1. The minimum atomic E-state index is -0.985. The lowest BCUT2D eigenvalue weighted by molar-refractivity contribution is -0.0764. The first-order valence-corrected chi connectivity index (χ1v) is 10.4. The lowest BCUT2D eigenvalue weighted by Gasteiger charge is -2.28. The van der Waals surface area contributed by atoms with Crippen molar-refractivity contribution in [2.45, 2.75) is 25.6 Å². The normalized spacial score (nSPS) is 16.2. The maximum Gasteiger partial charge on any atom is 0.182 e. The number of aromatic nitrogens is 2. The van der Waals surface area contributed by atoms with Crippen LogP contribution in [0.2, 0.25) is 0 Å². The van der Waals surface area contributed by atoms with Crippen LogP contribution in [0.15, 0.2) is 54.9 Å². The van der Waals surface area contributed by atoms with Crippen LogP contribution in [0.4, 0.5) is 17.2 Å². The number of nitrogens with one attached hydrogen (secondary N) is 1. The second kappa shape index (κ2) is 9.32. The van der Waals surface area contributed by atoms with Gasteiger partial charge in [-0.2, -0.15) is 0 Å². The van der Waals surface area contributed by atoms with Gasteiger partial charge < -0.3 is 24.8 Å². The van der Waals surface area contributed by atoms with Crippen molar-refractivity contribution in [3.05, 3.63) is 71.7 Å². The number of benzene rings is 1. The van der Waals surface area contributed by atoms with Gasteiger partial charge in [-0.15, -0.1) is 0 Å². The van der Waals surface area contributed by atoms with Crippen molar-refractivity contribution >= 4 is 17.2 Å². The molecule has 0 aliphatic carbocycles. The minimum Gasteiger partial charge on any atom is -0.493 e. The van der Waals surface area contributed by atoms with Crippen LogP contribution in [0.5, 0.6) is 5.75 Å². The molecular formula is C24H28N4O3. The number of nitrogens with zero attached hydrogens (tertiary/aromatic N) is 3. The summed E-state index contributed by atoms with van der Waals surface area (Å²) in [6, 6.07) is 14.1. The second-order valence-corrected chi connectivity index (χ2v) is 7.68. The van der Waals surface area contributed by atoms with Gasteiger partial charge in [0.05, 0.1) is 18.5 Å². The number of anilines is 3. The van der Waals surface area contributed by atoms with Gasteiger partial charge in [-0.25, -0.2) is 4.98 Å². The van der Waals surface area contributed by atoms with E-state index in [9.17, 15) is 5.11 Å². The highest BCUT2D eigenvalue weighted by atomic mass is 16.6. The van der Waals surface area contributed by atoms with E-state index >= 15 is 0 Å². The molecule has 1 unspecified atom stereocenters. The fraction of sp³-hybridized carbons (Fsp3) is 0.333. The fourth-order valence-corrected chi connectivity index (χ4v) is 3.85. The number of pyridine rings is 2. The van der Waals surface area contributed by atoms with Crippen molar-refractivity contribution in [2.75, 3.05) is 37.5 Å². The van der Waals surface area contributed by atoms with Crippen LogP contribution in [0.3, 0.4) is 0 Å². The monoisotopic (exact) mass is 420 g/mol. The molecule has 1 aliphatic rings. The molecule has 2 aromatic heterocycles. The zero-order valence-corrected chi connectivity index (χ0v) is 18.1. The van der Waals surface area contributed by atoms with Crippen LogP contribution in [-0.2, 0) is 4.74 Å². The predicted octanol–water partition coefficient (Wildman–Crippen LogP) is 4.17. The molecule has 0 radical (unpaired) electrons. The molecule has 0 saturated carbocycles. The van der Waals surface area contributed by atoms with Crippen molar-refractivity contribution < 1.29 is 14.6 Å². The van der Waals surface area contributed by atoms with Gasteiger partial charge >= 0.3 is 0 Å². The van der Waals surface area contributed by atoms with E-state index in [4.69, 9.17) is 9.47 Å². The van der Waals surface area contributed by atoms with E-state index in [2.05, 4.69) is 38.4 Å². The van der Waals surface area contributed by atoms with Crippen molar-refractivity contribution in [2.24, 2.45) is 0 Å². The van der Waals surface area contributed by atoms with Crippen molar-refractivity contribution in [1.29, 1.82) is 0 Å². The van der Waals surface area contributed by atoms with E-state index < -0.39 is 6.29 Å². The minimum absolute atomic E-state index is 0.285. The lowest BCUT2D eigenvalue weighted by atomic mass is 9.92. The smallest absolute Gasteiger partial charge is 0.182 e. The number of aliphatic hydroxyl groups is 1. The topological polar surface area (TPSA) is 79.7 Å². The number of rotatable bonds is 7. The van der Waals surface area contributed by atoms with Crippen molar-refractivity contribution in [1.82, 2.24) is 9.97 Å². The highest BCUT2D eigenvalue weighted by Crippen LogP contribution is 2.38. The first kappa shape index (κ1) is 21.1. The van der Waals surface area contributed by atoms with Crippen molar-refractivity contribution in [3.8, 4) is 5.75 Å². The second-order valence-electron chi connectivity index (χ2n) is 7.68. The van der Waals surface area contributed by atoms with E-state index in [0.29, 0.717) is 18.7 Å². The van der Waals surface area contributed by atoms with Gasteiger partial charge in [0.15, 0.2) is 6.29 Å². The number of hydrogen-bond acceptors (Lipinski definition) is 7. The number of fused-ring (bicyclic) bond motifs is 1. The van der Waals surface area contributed by atoms with E-state index in [1.807, 2.05) is 32.2 Å². The Morgan fingerprint density at radius 3 is 2.97 bits per heavy atom. The van der Waals surface area contributed by atoms with Crippen LogP contribution in [0.1, 0.15) is 35.4 Å². The molecule has 0 fully saturated rings. The quantitative estimate of drug-likeness (QED) is 0.555. The third-order valence-electron chi connectivity index (χ3n) is 5.65. The van der Waals surface area contributed by atoms with Crippen LogP contribution >= 0.6 is 0 Å². The average molecular weight is 421 g/mol. The molecular weight excluding hydrogens is 392 g/mol. The Morgan fingerprint density at radius 1 is 1.29 bits per heavy atom. The lowest BCUT2D eigenvalue weighted by Crippen LogP contribution is -2.22. The number of aliphatic hydroxyl groups excluding tert-OH is 1. The molecule has 2 atom stereocenters. The molecule has 31 heavy (non-hydrogen) atoms.